The summed E-state index contributed by atoms with van der Waals surface area (Å²) in [6.45, 7) is 2.22. The minimum atomic E-state index is -0.857. The molecule has 0 saturated carbocycles. The minimum absolute atomic E-state index is 0.114. The van der Waals surface area contributed by atoms with Gasteiger partial charge in [-0.05, 0) is 12.5 Å². The van der Waals surface area contributed by atoms with Gasteiger partial charge < -0.3 is 14.8 Å². The van der Waals surface area contributed by atoms with Crippen molar-refractivity contribution in [2.24, 2.45) is 0 Å². The number of ether oxygens (including phenoxy) is 1. The molecule has 2 N–H and O–H groups in total. The fourth-order valence-electron chi connectivity index (χ4n) is 2.34. The number of hydrogen-bond donors (Lipinski definition) is 2. The number of esters is 1. The number of rotatable bonds is 4. The number of fused-ring (bicyclic) bond motifs is 1. The van der Waals surface area contributed by atoms with E-state index in [0.29, 0.717) is 11.9 Å². The van der Waals surface area contributed by atoms with Gasteiger partial charge in [-0.3, -0.25) is 9.48 Å². The lowest BCUT2D eigenvalue weighted by Gasteiger charge is -2.03. The zero-order chi connectivity index (χ0) is 16.4. The van der Waals surface area contributed by atoms with Crippen molar-refractivity contribution in [3.8, 4) is 5.75 Å². The van der Waals surface area contributed by atoms with Crippen LogP contribution in [-0.2, 0) is 11.3 Å². The number of aromatic hydroxyl groups is 1. The van der Waals surface area contributed by atoms with E-state index in [0.717, 1.165) is 5.56 Å². The summed E-state index contributed by atoms with van der Waals surface area (Å²) in [4.78, 5) is 26.3. The Balaban J connectivity index is 2.05. The lowest BCUT2D eigenvalue weighted by molar-refractivity contribution is 0.0521. The number of nitrogens with zero attached hydrogens (tertiary/aromatic N) is 2. The van der Waals surface area contributed by atoms with Gasteiger partial charge in [0.1, 0.15) is 5.75 Å². The minimum Gasteiger partial charge on any atom is -0.506 e. The van der Waals surface area contributed by atoms with Crippen molar-refractivity contribution >= 4 is 17.0 Å². The maximum Gasteiger partial charge on any atom is 0.347 e. The third-order valence-electron chi connectivity index (χ3n) is 3.38. The molecule has 7 heteroatoms. The first-order chi connectivity index (χ1) is 11.1. The molecule has 0 radical (unpaired) electrons. The van der Waals surface area contributed by atoms with Crippen LogP contribution in [0.1, 0.15) is 22.8 Å². The van der Waals surface area contributed by atoms with Crippen molar-refractivity contribution in [3.63, 3.8) is 0 Å². The van der Waals surface area contributed by atoms with E-state index < -0.39 is 22.8 Å². The maximum absolute atomic E-state index is 12.0. The molecule has 0 spiro atoms. The SMILES string of the molecule is CCOC(=O)c1c(O)c2cn(Cc3ccccc3)nc2[nH]c1=O. The van der Waals surface area contributed by atoms with Crippen LogP contribution >= 0.6 is 0 Å². The fourth-order valence-corrected chi connectivity index (χ4v) is 2.34. The smallest absolute Gasteiger partial charge is 0.347 e. The second-order valence-corrected chi connectivity index (χ2v) is 4.97. The largest absolute Gasteiger partial charge is 0.506 e. The molecule has 0 bridgehead atoms. The van der Waals surface area contributed by atoms with E-state index in [4.69, 9.17) is 4.74 Å². The first-order valence-electron chi connectivity index (χ1n) is 7.13. The van der Waals surface area contributed by atoms with E-state index in [9.17, 15) is 14.7 Å². The number of carbonyl (C=O) groups excluding carboxylic acids is 1. The molecular formula is C16H15N3O4. The van der Waals surface area contributed by atoms with Crippen LogP contribution in [0.3, 0.4) is 0 Å². The van der Waals surface area contributed by atoms with Gasteiger partial charge in [-0.1, -0.05) is 30.3 Å². The zero-order valence-corrected chi connectivity index (χ0v) is 12.4. The number of pyridine rings is 1. The monoisotopic (exact) mass is 313 g/mol. The Morgan fingerprint density at radius 1 is 1.35 bits per heavy atom. The molecule has 0 aliphatic carbocycles. The van der Waals surface area contributed by atoms with Crippen molar-refractivity contribution < 1.29 is 14.6 Å². The Kier molecular flexibility index (Phi) is 3.84. The molecule has 7 nitrogen and oxygen atoms in total. The first-order valence-corrected chi connectivity index (χ1v) is 7.13. The maximum atomic E-state index is 12.0. The first kappa shape index (κ1) is 14.8. The fraction of sp³-hybridized carbons (Fsp3) is 0.188. The van der Waals surface area contributed by atoms with Crippen molar-refractivity contribution in [1.29, 1.82) is 0 Å². The number of nitrogens with one attached hydrogen (secondary N) is 1. The predicted octanol–water partition coefficient (Wildman–Crippen LogP) is 1.66. The topological polar surface area (TPSA) is 97.2 Å². The van der Waals surface area contributed by atoms with Crippen LogP contribution in [0.25, 0.3) is 11.0 Å². The summed E-state index contributed by atoms with van der Waals surface area (Å²) in [6.07, 6.45) is 1.58. The molecule has 0 amide bonds. The van der Waals surface area contributed by atoms with Gasteiger partial charge in [-0.15, -0.1) is 0 Å². The van der Waals surface area contributed by atoms with E-state index in [1.165, 1.54) is 0 Å². The molecule has 0 aliphatic heterocycles. The molecule has 2 heterocycles. The third kappa shape index (κ3) is 2.80. The molecule has 0 aliphatic rings. The van der Waals surface area contributed by atoms with Crippen molar-refractivity contribution in [2.45, 2.75) is 13.5 Å². The Bertz CT molecular complexity index is 912. The molecule has 23 heavy (non-hydrogen) atoms. The van der Waals surface area contributed by atoms with E-state index in [1.54, 1.807) is 17.8 Å². The van der Waals surface area contributed by atoms with Crippen molar-refractivity contribution in [2.75, 3.05) is 6.61 Å². The van der Waals surface area contributed by atoms with E-state index in [1.807, 2.05) is 30.3 Å². The average molecular weight is 313 g/mol. The van der Waals surface area contributed by atoms with Crippen LogP contribution in [0.4, 0.5) is 0 Å². The average Bonchev–Trinajstić information content (AvgIpc) is 2.91. The number of aromatic nitrogens is 3. The molecule has 0 fully saturated rings. The zero-order valence-electron chi connectivity index (χ0n) is 12.4. The van der Waals surface area contributed by atoms with E-state index in [-0.39, 0.29) is 12.3 Å². The summed E-state index contributed by atoms with van der Waals surface area (Å²) >= 11 is 0. The van der Waals surface area contributed by atoms with Gasteiger partial charge in [-0.2, -0.15) is 5.10 Å². The summed E-state index contributed by atoms with van der Waals surface area (Å²) in [6, 6.07) is 9.63. The summed E-state index contributed by atoms with van der Waals surface area (Å²) in [5.74, 6) is -1.27. The van der Waals surface area contributed by atoms with Crippen LogP contribution in [0.5, 0.6) is 5.75 Å². The predicted molar refractivity (Wildman–Crippen MR) is 83.5 cm³/mol. The lowest BCUT2D eigenvalue weighted by Crippen LogP contribution is -2.19. The molecule has 0 unspecified atom stereocenters. The van der Waals surface area contributed by atoms with Crippen molar-refractivity contribution in [3.05, 3.63) is 58.0 Å². The highest BCUT2D eigenvalue weighted by Crippen LogP contribution is 2.24. The number of carbonyl (C=O) groups is 1. The highest BCUT2D eigenvalue weighted by molar-refractivity contribution is 5.98. The van der Waals surface area contributed by atoms with Crippen LogP contribution in [0.15, 0.2) is 41.3 Å². The van der Waals surface area contributed by atoms with Gasteiger partial charge in [0.2, 0.25) is 0 Å². The van der Waals surface area contributed by atoms with Gasteiger partial charge in [0.25, 0.3) is 5.56 Å². The van der Waals surface area contributed by atoms with Gasteiger partial charge in [0, 0.05) is 6.20 Å². The summed E-state index contributed by atoms with van der Waals surface area (Å²) < 4.78 is 6.38. The number of H-pyrrole nitrogens is 1. The highest BCUT2D eigenvalue weighted by Gasteiger charge is 2.21. The highest BCUT2D eigenvalue weighted by atomic mass is 16.5. The molecule has 118 valence electrons. The molecule has 2 aromatic heterocycles. The molecule has 0 saturated heterocycles. The van der Waals surface area contributed by atoms with Gasteiger partial charge >= 0.3 is 5.97 Å². The third-order valence-corrected chi connectivity index (χ3v) is 3.38. The number of hydrogen-bond acceptors (Lipinski definition) is 5. The van der Waals surface area contributed by atoms with E-state index in [2.05, 4.69) is 10.1 Å². The second kappa shape index (κ2) is 5.96. The van der Waals surface area contributed by atoms with Crippen LogP contribution in [0.2, 0.25) is 0 Å². The van der Waals surface area contributed by atoms with E-state index >= 15 is 0 Å². The summed E-state index contributed by atoms with van der Waals surface area (Å²) in [7, 11) is 0. The van der Waals surface area contributed by atoms with Crippen LogP contribution < -0.4 is 5.56 Å². The van der Waals surface area contributed by atoms with Gasteiger partial charge in [-0.25, -0.2) is 4.79 Å². The molecular weight excluding hydrogens is 298 g/mol. The summed E-state index contributed by atoms with van der Waals surface area (Å²) in [5.41, 5.74) is 0.112. The van der Waals surface area contributed by atoms with Crippen molar-refractivity contribution in [1.82, 2.24) is 14.8 Å². The Morgan fingerprint density at radius 3 is 2.78 bits per heavy atom. The molecule has 3 rings (SSSR count). The van der Waals surface area contributed by atoms with Gasteiger partial charge in [0.05, 0.1) is 18.5 Å². The van der Waals surface area contributed by atoms with Crippen LogP contribution in [0, 0.1) is 0 Å². The quantitative estimate of drug-likeness (QED) is 0.714. The number of benzene rings is 1. The Morgan fingerprint density at radius 2 is 2.09 bits per heavy atom. The Hall–Kier alpha value is -3.09. The van der Waals surface area contributed by atoms with Gasteiger partial charge in [0.15, 0.2) is 11.2 Å². The standard InChI is InChI=1S/C16H15N3O4/c1-2-23-16(22)12-13(20)11-9-19(18-14(11)17-15(12)21)8-10-6-4-3-5-7-10/h3-7,9,20H,2,8H2,1H3,(H,17,18,21). The normalized spacial score (nSPS) is 10.8. The van der Waals surface area contributed by atoms with Crippen LogP contribution in [-0.4, -0.2) is 32.4 Å². The molecule has 3 aromatic rings. The lowest BCUT2D eigenvalue weighted by atomic mass is 10.2. The molecule has 0 atom stereocenters. The second-order valence-electron chi connectivity index (χ2n) is 4.97. The summed E-state index contributed by atoms with van der Waals surface area (Å²) in [5, 5.41) is 14.8. The molecule has 1 aromatic carbocycles. The Labute approximate surface area is 131 Å². The number of aromatic amines is 1.